The van der Waals surface area contributed by atoms with E-state index in [1.807, 2.05) is 30.3 Å². The van der Waals surface area contributed by atoms with E-state index in [-0.39, 0.29) is 5.56 Å². The van der Waals surface area contributed by atoms with Gasteiger partial charge in [0, 0.05) is 16.7 Å². The van der Waals surface area contributed by atoms with Crippen LogP contribution in [0.3, 0.4) is 0 Å². The number of halogens is 2. The fraction of sp³-hybridized carbons (Fsp3) is 0.115. The molecule has 5 rings (SSSR count). The number of hydrogen-bond donors (Lipinski definition) is 0. The molecular formula is C26H19Cl2N3O3S. The summed E-state index contributed by atoms with van der Waals surface area (Å²) in [7, 11) is 0. The first-order valence-corrected chi connectivity index (χ1v) is 12.4. The summed E-state index contributed by atoms with van der Waals surface area (Å²) in [5.41, 5.74) is 1.41. The van der Waals surface area contributed by atoms with Crippen LogP contribution < -0.4 is 14.8 Å². The van der Waals surface area contributed by atoms with Crippen LogP contribution in [0.25, 0.3) is 34.5 Å². The first-order valence-electron chi connectivity index (χ1n) is 10.9. The minimum atomic E-state index is -0.256. The quantitative estimate of drug-likeness (QED) is 0.253. The first kappa shape index (κ1) is 23.4. The highest BCUT2D eigenvalue weighted by Crippen LogP contribution is 2.32. The van der Waals surface area contributed by atoms with Crippen molar-refractivity contribution in [1.29, 1.82) is 0 Å². The third-order valence-electron chi connectivity index (χ3n) is 5.07. The average Bonchev–Trinajstić information content (AvgIpc) is 3.56. The standard InChI is InChI=1S/C26H19Cl2N3O3S/c1-2-13-33-18-7-3-16(4-8-18)5-12-24-29-26-31(30-24)25(32)23(35-26)15-19-9-11-22(34-19)20-14-17(27)6-10-21(20)28/h3-12,14-15H,2,13H2,1H3/b12-5+,23-15-. The van der Waals surface area contributed by atoms with Gasteiger partial charge in [0.2, 0.25) is 4.96 Å². The monoisotopic (exact) mass is 523 g/mol. The van der Waals surface area contributed by atoms with E-state index in [0.29, 0.717) is 49.1 Å². The van der Waals surface area contributed by atoms with Crippen molar-refractivity contribution in [1.82, 2.24) is 14.6 Å². The van der Waals surface area contributed by atoms with Gasteiger partial charge in [0.25, 0.3) is 5.56 Å². The summed E-state index contributed by atoms with van der Waals surface area (Å²) in [4.78, 5) is 17.8. The van der Waals surface area contributed by atoms with Crippen molar-refractivity contribution in [2.75, 3.05) is 6.61 Å². The summed E-state index contributed by atoms with van der Waals surface area (Å²) in [5.74, 6) is 2.38. The molecule has 0 saturated heterocycles. The molecule has 9 heteroatoms. The molecule has 0 spiro atoms. The van der Waals surface area contributed by atoms with Crippen molar-refractivity contribution in [2.45, 2.75) is 13.3 Å². The molecule has 0 saturated carbocycles. The lowest BCUT2D eigenvalue weighted by molar-refractivity contribution is 0.317. The van der Waals surface area contributed by atoms with E-state index in [4.69, 9.17) is 32.4 Å². The third kappa shape index (κ3) is 5.17. The maximum atomic E-state index is 12.8. The lowest BCUT2D eigenvalue weighted by Crippen LogP contribution is -2.23. The van der Waals surface area contributed by atoms with Crippen molar-refractivity contribution < 1.29 is 9.15 Å². The van der Waals surface area contributed by atoms with E-state index >= 15 is 0 Å². The normalized spacial score (nSPS) is 12.3. The Kier molecular flexibility index (Phi) is 6.72. The summed E-state index contributed by atoms with van der Waals surface area (Å²) >= 11 is 13.6. The Morgan fingerprint density at radius 3 is 2.69 bits per heavy atom. The second-order valence-electron chi connectivity index (χ2n) is 7.66. The summed E-state index contributed by atoms with van der Waals surface area (Å²) < 4.78 is 13.2. The van der Waals surface area contributed by atoms with Gasteiger partial charge >= 0.3 is 0 Å². The van der Waals surface area contributed by atoms with Gasteiger partial charge in [-0.25, -0.2) is 0 Å². The van der Waals surface area contributed by atoms with E-state index in [0.717, 1.165) is 17.7 Å². The van der Waals surface area contributed by atoms with Crippen LogP contribution in [-0.2, 0) is 0 Å². The molecule has 2 aromatic carbocycles. The molecular weight excluding hydrogens is 505 g/mol. The van der Waals surface area contributed by atoms with Crippen molar-refractivity contribution >= 4 is 57.7 Å². The molecule has 0 amide bonds. The second-order valence-corrected chi connectivity index (χ2v) is 9.51. The van der Waals surface area contributed by atoms with E-state index in [2.05, 4.69) is 17.0 Å². The predicted octanol–water partition coefficient (Wildman–Crippen LogP) is 6.22. The molecule has 0 N–H and O–H groups in total. The summed E-state index contributed by atoms with van der Waals surface area (Å²) in [6, 6.07) is 16.5. The van der Waals surface area contributed by atoms with Crippen molar-refractivity contribution in [3.05, 3.63) is 96.7 Å². The molecule has 6 nitrogen and oxygen atoms in total. The van der Waals surface area contributed by atoms with Gasteiger partial charge in [0.15, 0.2) is 5.82 Å². The van der Waals surface area contributed by atoms with E-state index in [1.54, 1.807) is 42.5 Å². The minimum Gasteiger partial charge on any atom is -0.494 e. The van der Waals surface area contributed by atoms with Crippen molar-refractivity contribution in [2.24, 2.45) is 0 Å². The first-order chi connectivity index (χ1) is 17.0. The number of hydrogen-bond acceptors (Lipinski definition) is 6. The summed E-state index contributed by atoms with van der Waals surface area (Å²) in [6.45, 7) is 2.76. The second kappa shape index (κ2) is 10.1. The maximum Gasteiger partial charge on any atom is 0.291 e. The molecule has 0 atom stereocenters. The highest BCUT2D eigenvalue weighted by Gasteiger charge is 2.12. The number of benzene rings is 2. The number of furan rings is 1. The Hall–Kier alpha value is -3.39. The topological polar surface area (TPSA) is 69.6 Å². The zero-order valence-electron chi connectivity index (χ0n) is 18.6. The van der Waals surface area contributed by atoms with E-state index in [9.17, 15) is 4.79 Å². The average molecular weight is 524 g/mol. The zero-order valence-corrected chi connectivity index (χ0v) is 20.9. The van der Waals surface area contributed by atoms with E-state index in [1.165, 1.54) is 15.9 Å². The van der Waals surface area contributed by atoms with Gasteiger partial charge in [-0.05, 0) is 60.5 Å². The number of ether oxygens (including phenoxy) is 1. The lowest BCUT2D eigenvalue weighted by atomic mass is 10.2. The largest absolute Gasteiger partial charge is 0.494 e. The third-order valence-corrected chi connectivity index (χ3v) is 6.59. The van der Waals surface area contributed by atoms with Crippen LogP contribution in [0.4, 0.5) is 0 Å². The van der Waals surface area contributed by atoms with E-state index < -0.39 is 0 Å². The molecule has 0 aliphatic rings. The van der Waals surface area contributed by atoms with Gasteiger partial charge in [-0.2, -0.15) is 9.50 Å². The minimum absolute atomic E-state index is 0.256. The molecule has 0 fully saturated rings. The molecule has 35 heavy (non-hydrogen) atoms. The number of aromatic nitrogens is 3. The van der Waals surface area contributed by atoms with Crippen LogP contribution in [0, 0.1) is 0 Å². The Bertz CT molecular complexity index is 1630. The number of nitrogens with zero attached hydrogens (tertiary/aromatic N) is 3. The van der Waals surface area contributed by atoms with Gasteiger partial charge < -0.3 is 9.15 Å². The fourth-order valence-corrected chi connectivity index (χ4v) is 4.65. The number of fused-ring (bicyclic) bond motifs is 1. The summed E-state index contributed by atoms with van der Waals surface area (Å²) in [5, 5.41) is 5.42. The Balaban J connectivity index is 1.36. The van der Waals surface area contributed by atoms with Gasteiger partial charge in [-0.1, -0.05) is 59.7 Å². The Labute approximate surface area is 214 Å². The van der Waals surface area contributed by atoms with Crippen LogP contribution in [-0.4, -0.2) is 21.2 Å². The van der Waals surface area contributed by atoms with Crippen LogP contribution in [0.2, 0.25) is 10.0 Å². The summed E-state index contributed by atoms with van der Waals surface area (Å²) in [6.07, 6.45) is 6.30. The molecule has 3 aromatic heterocycles. The number of thiazole rings is 1. The SMILES string of the molecule is CCCOc1ccc(/C=C/c2nc3s/c(=C\c4ccc(-c5cc(Cl)ccc5Cl)o4)c(=O)n3n2)cc1. The van der Waals surface area contributed by atoms with Gasteiger partial charge in [0.05, 0.1) is 11.6 Å². The molecule has 0 aliphatic carbocycles. The Morgan fingerprint density at radius 1 is 1.09 bits per heavy atom. The molecule has 176 valence electrons. The molecule has 0 unspecified atom stereocenters. The van der Waals surface area contributed by atoms with Gasteiger partial charge in [-0.15, -0.1) is 5.10 Å². The predicted molar refractivity (Wildman–Crippen MR) is 141 cm³/mol. The van der Waals surface area contributed by atoms with Crippen LogP contribution >= 0.6 is 34.5 Å². The van der Waals surface area contributed by atoms with Crippen LogP contribution in [0.5, 0.6) is 5.75 Å². The molecule has 3 heterocycles. The number of rotatable bonds is 7. The molecule has 0 bridgehead atoms. The van der Waals surface area contributed by atoms with Crippen molar-refractivity contribution in [3.63, 3.8) is 0 Å². The van der Waals surface area contributed by atoms with Gasteiger partial charge in [0.1, 0.15) is 21.8 Å². The fourth-order valence-electron chi connectivity index (χ4n) is 3.38. The maximum absolute atomic E-state index is 12.8. The lowest BCUT2D eigenvalue weighted by Gasteiger charge is -2.03. The zero-order chi connectivity index (χ0) is 24.4. The van der Waals surface area contributed by atoms with Crippen molar-refractivity contribution in [3.8, 4) is 17.1 Å². The van der Waals surface area contributed by atoms with Crippen LogP contribution in [0.1, 0.15) is 30.5 Å². The van der Waals surface area contributed by atoms with Crippen LogP contribution in [0.15, 0.2) is 63.8 Å². The molecule has 0 radical (unpaired) electrons. The highest BCUT2D eigenvalue weighted by atomic mass is 35.5. The van der Waals surface area contributed by atoms with Gasteiger partial charge in [-0.3, -0.25) is 4.79 Å². The highest BCUT2D eigenvalue weighted by molar-refractivity contribution is 7.15. The molecule has 0 aliphatic heterocycles. The smallest absolute Gasteiger partial charge is 0.291 e. The molecule has 5 aromatic rings. The Morgan fingerprint density at radius 2 is 1.91 bits per heavy atom.